The highest BCUT2D eigenvalue weighted by molar-refractivity contribution is 7.91. The van der Waals surface area contributed by atoms with Gasteiger partial charge in [0.25, 0.3) is 5.91 Å². The molecule has 116 valence electrons. The summed E-state index contributed by atoms with van der Waals surface area (Å²) in [6.07, 6.45) is 0. The van der Waals surface area contributed by atoms with E-state index in [4.69, 9.17) is 9.84 Å². The number of sulfone groups is 1. The number of hydrogen-bond donors (Lipinski definition) is 2. The number of carboxylic acids is 1. The van der Waals surface area contributed by atoms with Crippen molar-refractivity contribution in [3.63, 3.8) is 0 Å². The molecule has 0 bridgehead atoms. The van der Waals surface area contributed by atoms with Crippen molar-refractivity contribution in [3.05, 3.63) is 29.8 Å². The second-order valence-electron chi connectivity index (χ2n) is 4.37. The van der Waals surface area contributed by atoms with Gasteiger partial charge in [0, 0.05) is 12.7 Å². The standard InChI is InChI=1S/C13H17NO6S/c1-9(13(16)17)14-12(15)10-3-5-11(6-4-10)21(18,19)8-7-20-2/h3-6,9H,7-8H2,1-2H3,(H,14,15)(H,16,17)/t9-/m0/s1. The van der Waals surface area contributed by atoms with Gasteiger partial charge < -0.3 is 15.2 Å². The number of aliphatic carboxylic acids is 1. The highest BCUT2D eigenvalue weighted by Gasteiger charge is 2.17. The van der Waals surface area contributed by atoms with E-state index < -0.39 is 27.8 Å². The zero-order chi connectivity index (χ0) is 16.0. The molecule has 8 heteroatoms. The molecule has 0 saturated heterocycles. The number of amides is 1. The lowest BCUT2D eigenvalue weighted by Crippen LogP contribution is -2.38. The number of carbonyl (C=O) groups excluding carboxylic acids is 1. The minimum atomic E-state index is -3.45. The first kappa shape index (κ1) is 17.1. The Labute approximate surface area is 122 Å². The van der Waals surface area contributed by atoms with Gasteiger partial charge in [-0.2, -0.15) is 0 Å². The lowest BCUT2D eigenvalue weighted by Gasteiger charge is -2.09. The molecule has 1 aromatic rings. The van der Waals surface area contributed by atoms with Gasteiger partial charge in [-0.3, -0.25) is 9.59 Å². The van der Waals surface area contributed by atoms with Gasteiger partial charge in [-0.25, -0.2) is 8.42 Å². The first-order valence-electron chi connectivity index (χ1n) is 6.13. The zero-order valence-corrected chi connectivity index (χ0v) is 12.5. The highest BCUT2D eigenvalue weighted by atomic mass is 32.2. The van der Waals surface area contributed by atoms with Crippen LogP contribution in [-0.4, -0.2) is 50.9 Å². The van der Waals surface area contributed by atoms with Gasteiger partial charge >= 0.3 is 5.97 Å². The molecule has 0 aliphatic rings. The van der Waals surface area contributed by atoms with Gasteiger partial charge in [0.1, 0.15) is 6.04 Å². The fourth-order valence-electron chi connectivity index (χ4n) is 1.47. The zero-order valence-electron chi connectivity index (χ0n) is 11.7. The molecule has 0 heterocycles. The molecule has 0 saturated carbocycles. The third-order valence-electron chi connectivity index (χ3n) is 2.75. The summed E-state index contributed by atoms with van der Waals surface area (Å²) < 4.78 is 28.5. The van der Waals surface area contributed by atoms with Gasteiger partial charge in [0.05, 0.1) is 17.3 Å². The molecule has 21 heavy (non-hydrogen) atoms. The van der Waals surface area contributed by atoms with Crippen LogP contribution in [0.4, 0.5) is 0 Å². The number of benzene rings is 1. The summed E-state index contributed by atoms with van der Waals surface area (Å²) in [5.74, 6) is -1.88. The van der Waals surface area contributed by atoms with Crippen molar-refractivity contribution >= 4 is 21.7 Å². The van der Waals surface area contributed by atoms with Crippen LogP contribution in [0.25, 0.3) is 0 Å². The Morgan fingerprint density at radius 2 is 1.86 bits per heavy atom. The number of ether oxygens (including phenoxy) is 1. The van der Waals surface area contributed by atoms with Crippen molar-refractivity contribution < 1.29 is 27.9 Å². The smallest absolute Gasteiger partial charge is 0.325 e. The summed E-state index contributed by atoms with van der Waals surface area (Å²) in [5.41, 5.74) is 0.189. The van der Waals surface area contributed by atoms with Crippen LogP contribution in [-0.2, 0) is 19.4 Å². The van der Waals surface area contributed by atoms with Gasteiger partial charge in [0.2, 0.25) is 0 Å². The molecule has 0 aromatic heterocycles. The Hall–Kier alpha value is -1.93. The van der Waals surface area contributed by atoms with Crippen molar-refractivity contribution in [3.8, 4) is 0 Å². The molecule has 0 unspecified atom stereocenters. The Morgan fingerprint density at radius 1 is 1.29 bits per heavy atom. The van der Waals surface area contributed by atoms with E-state index in [1.165, 1.54) is 38.3 Å². The lowest BCUT2D eigenvalue weighted by molar-refractivity contribution is -0.138. The molecule has 2 N–H and O–H groups in total. The third-order valence-corrected chi connectivity index (χ3v) is 4.44. The topological polar surface area (TPSA) is 110 Å². The van der Waals surface area contributed by atoms with Crippen LogP contribution >= 0.6 is 0 Å². The molecule has 0 radical (unpaired) electrons. The van der Waals surface area contributed by atoms with Crippen molar-refractivity contribution in [1.29, 1.82) is 0 Å². The average Bonchev–Trinajstić information content (AvgIpc) is 2.45. The molecule has 1 aromatic carbocycles. The molecule has 1 rings (SSSR count). The molecule has 1 atom stereocenters. The van der Waals surface area contributed by atoms with Gasteiger partial charge in [-0.1, -0.05) is 0 Å². The fourth-order valence-corrected chi connectivity index (χ4v) is 2.64. The lowest BCUT2D eigenvalue weighted by atomic mass is 10.2. The van der Waals surface area contributed by atoms with Crippen molar-refractivity contribution in [1.82, 2.24) is 5.32 Å². The van der Waals surface area contributed by atoms with E-state index in [2.05, 4.69) is 5.32 Å². The SMILES string of the molecule is COCCS(=O)(=O)c1ccc(C(=O)N[C@@H](C)C(=O)O)cc1. The number of rotatable bonds is 7. The number of nitrogens with one attached hydrogen (secondary N) is 1. The number of carbonyl (C=O) groups is 2. The van der Waals surface area contributed by atoms with E-state index in [0.29, 0.717) is 0 Å². The highest BCUT2D eigenvalue weighted by Crippen LogP contribution is 2.12. The van der Waals surface area contributed by atoms with Crippen LogP contribution in [0.5, 0.6) is 0 Å². The first-order chi connectivity index (χ1) is 9.77. The minimum Gasteiger partial charge on any atom is -0.480 e. The maximum atomic E-state index is 11.9. The summed E-state index contributed by atoms with van der Waals surface area (Å²) in [4.78, 5) is 22.5. The van der Waals surface area contributed by atoms with Crippen LogP contribution in [0.2, 0.25) is 0 Å². The van der Waals surface area contributed by atoms with E-state index in [0.717, 1.165) is 0 Å². The predicted octanol–water partition coefficient (Wildman–Crippen LogP) is 0.310. The summed E-state index contributed by atoms with van der Waals surface area (Å²) in [6.45, 7) is 1.42. The molecule has 0 aliphatic heterocycles. The summed E-state index contributed by atoms with van der Waals surface area (Å²) in [6, 6.07) is 4.27. The maximum absolute atomic E-state index is 11.9. The van der Waals surface area contributed by atoms with Gasteiger partial charge in [-0.15, -0.1) is 0 Å². The van der Waals surface area contributed by atoms with Crippen molar-refractivity contribution in [2.45, 2.75) is 17.9 Å². The van der Waals surface area contributed by atoms with Crippen LogP contribution in [0.1, 0.15) is 17.3 Å². The van der Waals surface area contributed by atoms with E-state index >= 15 is 0 Å². The van der Waals surface area contributed by atoms with Crippen LogP contribution in [0.15, 0.2) is 29.2 Å². The molecule has 7 nitrogen and oxygen atoms in total. The summed E-state index contributed by atoms with van der Waals surface area (Å²) >= 11 is 0. The van der Waals surface area contributed by atoms with Crippen molar-refractivity contribution in [2.75, 3.05) is 19.5 Å². The molecule has 1 amide bonds. The van der Waals surface area contributed by atoms with Crippen LogP contribution in [0.3, 0.4) is 0 Å². The van der Waals surface area contributed by atoms with Gasteiger partial charge in [0.15, 0.2) is 9.84 Å². The molecule has 0 aliphatic carbocycles. The molecular formula is C13H17NO6S. The fraction of sp³-hybridized carbons (Fsp3) is 0.385. The Bertz CT molecular complexity index is 608. The van der Waals surface area contributed by atoms with Crippen molar-refractivity contribution in [2.24, 2.45) is 0 Å². The predicted molar refractivity (Wildman–Crippen MR) is 74.9 cm³/mol. The third kappa shape index (κ3) is 4.83. The van der Waals surface area contributed by atoms with E-state index in [1.807, 2.05) is 0 Å². The average molecular weight is 315 g/mol. The second-order valence-corrected chi connectivity index (χ2v) is 6.48. The first-order valence-corrected chi connectivity index (χ1v) is 7.78. The quantitative estimate of drug-likeness (QED) is 0.749. The molecule has 0 spiro atoms. The Balaban J connectivity index is 2.83. The Morgan fingerprint density at radius 3 is 2.33 bits per heavy atom. The Kier molecular flexibility index (Phi) is 5.86. The van der Waals surface area contributed by atoms with E-state index in [9.17, 15) is 18.0 Å². The van der Waals surface area contributed by atoms with Crippen LogP contribution in [0, 0.1) is 0 Å². The summed E-state index contributed by atoms with van der Waals surface area (Å²) in [5, 5.41) is 11.0. The second kappa shape index (κ2) is 7.19. The van der Waals surface area contributed by atoms with E-state index in [-0.39, 0.29) is 22.8 Å². The van der Waals surface area contributed by atoms with Gasteiger partial charge in [-0.05, 0) is 31.2 Å². The number of methoxy groups -OCH3 is 1. The monoisotopic (exact) mass is 315 g/mol. The maximum Gasteiger partial charge on any atom is 0.325 e. The number of carboxylic acid groups (broad SMARTS) is 1. The number of hydrogen-bond acceptors (Lipinski definition) is 5. The van der Waals surface area contributed by atoms with Crippen LogP contribution < -0.4 is 5.32 Å². The summed E-state index contributed by atoms with van der Waals surface area (Å²) in [7, 11) is -2.04. The minimum absolute atomic E-state index is 0.0840. The molecular weight excluding hydrogens is 298 g/mol. The van der Waals surface area contributed by atoms with E-state index in [1.54, 1.807) is 0 Å². The normalized spacial score (nSPS) is 12.7. The largest absolute Gasteiger partial charge is 0.480 e. The molecule has 0 fully saturated rings.